The minimum atomic E-state index is -0.257. The summed E-state index contributed by atoms with van der Waals surface area (Å²) in [6, 6.07) is 0. The molecular formula is C11H14FN5. The van der Waals surface area contributed by atoms with E-state index < -0.39 is 0 Å². The third-order valence-corrected chi connectivity index (χ3v) is 3.28. The number of alkyl halides is 1. The van der Waals surface area contributed by atoms with Gasteiger partial charge in [-0.25, -0.2) is 15.0 Å². The number of aryl methyl sites for hydroxylation is 1. The number of fused-ring (bicyclic) bond motifs is 1. The van der Waals surface area contributed by atoms with Gasteiger partial charge in [-0.15, -0.1) is 0 Å². The molecule has 2 aromatic rings. The lowest BCUT2D eigenvalue weighted by Crippen LogP contribution is -2.21. The fourth-order valence-corrected chi connectivity index (χ4v) is 2.32. The van der Waals surface area contributed by atoms with E-state index in [1.54, 1.807) is 12.7 Å². The summed E-state index contributed by atoms with van der Waals surface area (Å²) >= 11 is 0. The fraction of sp³-hybridized carbons (Fsp3) is 0.545. The van der Waals surface area contributed by atoms with E-state index in [1.165, 1.54) is 0 Å². The Morgan fingerprint density at radius 3 is 3.06 bits per heavy atom. The van der Waals surface area contributed by atoms with Crippen molar-refractivity contribution in [2.24, 2.45) is 13.0 Å². The van der Waals surface area contributed by atoms with E-state index in [4.69, 9.17) is 0 Å². The van der Waals surface area contributed by atoms with Gasteiger partial charge in [0.15, 0.2) is 17.0 Å². The van der Waals surface area contributed by atoms with Crippen LogP contribution in [0.1, 0.15) is 6.42 Å². The number of imidazole rings is 1. The second-order valence-corrected chi connectivity index (χ2v) is 4.48. The minimum Gasteiger partial charge on any atom is -0.354 e. The average Bonchev–Trinajstić information content (AvgIpc) is 2.96. The largest absolute Gasteiger partial charge is 0.354 e. The summed E-state index contributed by atoms with van der Waals surface area (Å²) in [5.74, 6) is 0.954. The van der Waals surface area contributed by atoms with Gasteiger partial charge in [0.05, 0.1) is 13.0 Å². The Labute approximate surface area is 98.3 Å². The summed E-state index contributed by atoms with van der Waals surface area (Å²) < 4.78 is 14.5. The van der Waals surface area contributed by atoms with Crippen LogP contribution < -0.4 is 4.90 Å². The van der Waals surface area contributed by atoms with Crippen molar-refractivity contribution in [3.63, 3.8) is 0 Å². The molecule has 0 aliphatic carbocycles. The predicted octanol–water partition coefficient (Wildman–Crippen LogP) is 1.16. The number of halogens is 1. The second kappa shape index (κ2) is 3.94. The van der Waals surface area contributed by atoms with Gasteiger partial charge >= 0.3 is 0 Å². The van der Waals surface area contributed by atoms with Gasteiger partial charge in [-0.3, -0.25) is 4.39 Å². The topological polar surface area (TPSA) is 46.8 Å². The molecular weight excluding hydrogens is 221 g/mol. The maximum absolute atomic E-state index is 12.6. The van der Waals surface area contributed by atoms with Crippen molar-refractivity contribution in [3.8, 4) is 0 Å². The Bertz CT molecular complexity index is 538. The smallest absolute Gasteiger partial charge is 0.165 e. The number of nitrogens with zero attached hydrogens (tertiary/aromatic N) is 5. The van der Waals surface area contributed by atoms with Crippen LogP contribution in [0, 0.1) is 5.92 Å². The van der Waals surface area contributed by atoms with Crippen LogP contribution in [0.2, 0.25) is 0 Å². The van der Waals surface area contributed by atoms with Gasteiger partial charge in [0.25, 0.3) is 0 Å². The van der Waals surface area contributed by atoms with Crippen molar-refractivity contribution in [1.29, 1.82) is 0 Å². The average molecular weight is 235 g/mol. The SMILES string of the molecule is Cn1cnc2c(N3CCC(CF)C3)ncnc21. The van der Waals surface area contributed by atoms with E-state index in [-0.39, 0.29) is 12.6 Å². The number of rotatable bonds is 2. The minimum absolute atomic E-state index is 0.128. The first-order valence-corrected chi connectivity index (χ1v) is 5.72. The van der Waals surface area contributed by atoms with Gasteiger partial charge in [0.1, 0.15) is 6.33 Å². The fourth-order valence-electron chi connectivity index (χ4n) is 2.32. The van der Waals surface area contributed by atoms with E-state index in [9.17, 15) is 4.39 Å². The van der Waals surface area contributed by atoms with E-state index in [2.05, 4.69) is 19.9 Å². The molecule has 0 N–H and O–H groups in total. The molecule has 17 heavy (non-hydrogen) atoms. The van der Waals surface area contributed by atoms with Crippen molar-refractivity contribution < 1.29 is 4.39 Å². The highest BCUT2D eigenvalue weighted by Gasteiger charge is 2.25. The van der Waals surface area contributed by atoms with Gasteiger partial charge in [-0.05, 0) is 6.42 Å². The van der Waals surface area contributed by atoms with Crippen molar-refractivity contribution >= 4 is 17.0 Å². The molecule has 0 aromatic carbocycles. The first-order valence-electron chi connectivity index (χ1n) is 5.72. The number of hydrogen-bond acceptors (Lipinski definition) is 4. The van der Waals surface area contributed by atoms with Crippen LogP contribution in [0.3, 0.4) is 0 Å². The molecule has 0 radical (unpaired) electrons. The molecule has 0 saturated carbocycles. The Balaban J connectivity index is 2.00. The summed E-state index contributed by atoms with van der Waals surface area (Å²) in [5.41, 5.74) is 1.62. The van der Waals surface area contributed by atoms with Crippen LogP contribution in [-0.4, -0.2) is 39.3 Å². The van der Waals surface area contributed by atoms with Crippen LogP contribution >= 0.6 is 0 Å². The number of hydrogen-bond donors (Lipinski definition) is 0. The zero-order chi connectivity index (χ0) is 11.8. The van der Waals surface area contributed by atoms with Gasteiger partial charge in [-0.1, -0.05) is 0 Å². The molecule has 1 atom stereocenters. The summed E-state index contributed by atoms with van der Waals surface area (Å²) in [6.45, 7) is 1.31. The van der Waals surface area contributed by atoms with Crippen LogP contribution in [0.5, 0.6) is 0 Å². The molecule has 3 heterocycles. The van der Waals surface area contributed by atoms with Crippen molar-refractivity contribution in [2.45, 2.75) is 6.42 Å². The third-order valence-electron chi connectivity index (χ3n) is 3.28. The molecule has 1 fully saturated rings. The molecule has 5 nitrogen and oxygen atoms in total. The number of aromatic nitrogens is 4. The molecule has 2 aromatic heterocycles. The van der Waals surface area contributed by atoms with Crippen LogP contribution in [-0.2, 0) is 7.05 Å². The molecule has 1 unspecified atom stereocenters. The maximum Gasteiger partial charge on any atom is 0.165 e. The number of anilines is 1. The van der Waals surface area contributed by atoms with E-state index >= 15 is 0 Å². The lowest BCUT2D eigenvalue weighted by atomic mass is 10.1. The molecule has 1 aliphatic heterocycles. The highest BCUT2D eigenvalue weighted by molar-refractivity contribution is 5.83. The molecule has 3 rings (SSSR count). The summed E-state index contributed by atoms with van der Waals surface area (Å²) in [5, 5.41) is 0. The highest BCUT2D eigenvalue weighted by Crippen LogP contribution is 2.26. The first-order chi connectivity index (χ1) is 8.29. The van der Waals surface area contributed by atoms with Gasteiger partial charge < -0.3 is 9.47 Å². The Kier molecular flexibility index (Phi) is 2.42. The highest BCUT2D eigenvalue weighted by atomic mass is 19.1. The third kappa shape index (κ3) is 1.64. The monoisotopic (exact) mass is 235 g/mol. The van der Waals surface area contributed by atoms with Crippen LogP contribution in [0.25, 0.3) is 11.2 Å². The van der Waals surface area contributed by atoms with E-state index in [1.807, 2.05) is 11.6 Å². The second-order valence-electron chi connectivity index (χ2n) is 4.48. The molecule has 0 amide bonds. The van der Waals surface area contributed by atoms with Crippen LogP contribution in [0.15, 0.2) is 12.7 Å². The van der Waals surface area contributed by atoms with Crippen LogP contribution in [0.4, 0.5) is 10.2 Å². The van der Waals surface area contributed by atoms with Gasteiger partial charge in [0, 0.05) is 26.1 Å². The summed E-state index contributed by atoms with van der Waals surface area (Å²) in [4.78, 5) is 14.9. The maximum atomic E-state index is 12.6. The molecule has 90 valence electrons. The first kappa shape index (κ1) is 10.4. The standard InChI is InChI=1S/C11H14FN5/c1-16-7-15-9-10(16)13-6-14-11(9)17-3-2-8(4-12)5-17/h6-8H,2-5H2,1H3. The molecule has 1 aliphatic rings. The van der Waals surface area contributed by atoms with Crippen molar-refractivity contribution in [1.82, 2.24) is 19.5 Å². The van der Waals surface area contributed by atoms with Gasteiger partial charge in [0.2, 0.25) is 0 Å². The molecule has 0 bridgehead atoms. The zero-order valence-corrected chi connectivity index (χ0v) is 9.67. The molecule has 0 spiro atoms. The van der Waals surface area contributed by atoms with Crippen molar-refractivity contribution in [3.05, 3.63) is 12.7 Å². The molecule has 6 heteroatoms. The van der Waals surface area contributed by atoms with Gasteiger partial charge in [-0.2, -0.15) is 0 Å². The Morgan fingerprint density at radius 1 is 1.41 bits per heavy atom. The quantitative estimate of drug-likeness (QED) is 0.783. The predicted molar refractivity (Wildman–Crippen MR) is 62.6 cm³/mol. The molecule has 1 saturated heterocycles. The lowest BCUT2D eigenvalue weighted by Gasteiger charge is -2.16. The Morgan fingerprint density at radius 2 is 2.29 bits per heavy atom. The van der Waals surface area contributed by atoms with Crippen molar-refractivity contribution in [2.75, 3.05) is 24.7 Å². The normalized spacial score (nSPS) is 20.4. The van der Waals surface area contributed by atoms with E-state index in [0.717, 1.165) is 36.5 Å². The Hall–Kier alpha value is -1.72. The van der Waals surface area contributed by atoms with E-state index in [0.29, 0.717) is 0 Å². The zero-order valence-electron chi connectivity index (χ0n) is 9.67. The lowest BCUT2D eigenvalue weighted by molar-refractivity contribution is 0.385. The summed E-state index contributed by atoms with van der Waals surface area (Å²) in [7, 11) is 1.90. The summed E-state index contributed by atoms with van der Waals surface area (Å²) in [6.07, 6.45) is 4.16.